The van der Waals surface area contributed by atoms with Gasteiger partial charge in [-0.25, -0.2) is 4.99 Å². The molecule has 0 atom stereocenters. The van der Waals surface area contributed by atoms with Crippen LogP contribution in [0.1, 0.15) is 57.6 Å². The van der Waals surface area contributed by atoms with Crippen LogP contribution in [0.4, 0.5) is 10.7 Å². The third-order valence-corrected chi connectivity index (χ3v) is 8.58. The van der Waals surface area contributed by atoms with Gasteiger partial charge in [-0.2, -0.15) is 0 Å². The topological polar surface area (TPSA) is 50.7 Å². The molecule has 0 spiro atoms. The Morgan fingerprint density at radius 1 is 1.00 bits per heavy atom. The molecule has 3 aromatic carbocycles. The maximum Gasteiger partial charge on any atom is 0.259 e. The summed E-state index contributed by atoms with van der Waals surface area (Å²) in [5.74, 6) is 0.660. The summed E-state index contributed by atoms with van der Waals surface area (Å²) in [6.45, 7) is 0.448. The van der Waals surface area contributed by atoms with Crippen LogP contribution in [0, 0.1) is 0 Å². The van der Waals surface area contributed by atoms with Gasteiger partial charge in [0.1, 0.15) is 17.4 Å². The molecule has 0 unspecified atom stereocenters. The highest BCUT2D eigenvalue weighted by Gasteiger charge is 2.24. The molecule has 0 radical (unpaired) electrons. The molecular formula is C31H28BrClN2O2S. The van der Waals surface area contributed by atoms with Crippen LogP contribution in [-0.4, -0.2) is 12.1 Å². The zero-order valence-corrected chi connectivity index (χ0v) is 24.0. The van der Waals surface area contributed by atoms with Gasteiger partial charge in [0, 0.05) is 21.8 Å². The Labute approximate surface area is 240 Å². The fourth-order valence-corrected chi connectivity index (χ4v) is 6.40. The zero-order chi connectivity index (χ0) is 26.3. The van der Waals surface area contributed by atoms with E-state index >= 15 is 0 Å². The summed E-state index contributed by atoms with van der Waals surface area (Å²) in [6.07, 6.45) is 8.45. The number of nitrogens with one attached hydrogen (secondary N) is 1. The molecule has 0 bridgehead atoms. The molecule has 1 aromatic heterocycles. The SMILES string of the molecule is O=C(Nc1ccccc1)c1c(N=Cc2ccc(OCc3ccc(Cl)cc3)c(Br)c2)sc2c1CCCCCC2. The first-order valence-electron chi connectivity index (χ1n) is 12.8. The molecule has 4 nitrogen and oxygen atoms in total. The number of hydrogen-bond donors (Lipinski definition) is 1. The fourth-order valence-electron chi connectivity index (χ4n) is 4.53. The lowest BCUT2D eigenvalue weighted by molar-refractivity contribution is 0.102. The smallest absolute Gasteiger partial charge is 0.259 e. The highest BCUT2D eigenvalue weighted by Crippen LogP contribution is 2.39. The molecule has 0 fully saturated rings. The number of rotatable bonds is 7. The largest absolute Gasteiger partial charge is 0.488 e. The number of benzene rings is 3. The maximum atomic E-state index is 13.5. The highest BCUT2D eigenvalue weighted by molar-refractivity contribution is 9.10. The quantitative estimate of drug-likeness (QED) is 0.213. The molecule has 194 valence electrons. The zero-order valence-electron chi connectivity index (χ0n) is 20.9. The van der Waals surface area contributed by atoms with E-state index in [0.717, 1.165) is 57.7 Å². The first-order valence-corrected chi connectivity index (χ1v) is 14.8. The Balaban J connectivity index is 1.37. The lowest BCUT2D eigenvalue weighted by Crippen LogP contribution is -2.14. The molecule has 5 rings (SSSR count). The minimum Gasteiger partial charge on any atom is -0.488 e. The molecule has 1 aliphatic rings. The second kappa shape index (κ2) is 12.7. The Morgan fingerprint density at radius 2 is 1.76 bits per heavy atom. The summed E-state index contributed by atoms with van der Waals surface area (Å²) in [5.41, 5.74) is 4.64. The van der Waals surface area contributed by atoms with E-state index in [1.54, 1.807) is 11.3 Å². The van der Waals surface area contributed by atoms with Crippen molar-refractivity contribution in [3.8, 4) is 5.75 Å². The molecule has 7 heteroatoms. The van der Waals surface area contributed by atoms with Gasteiger partial charge in [-0.15, -0.1) is 11.3 Å². The van der Waals surface area contributed by atoms with Gasteiger partial charge in [0.15, 0.2) is 0 Å². The summed E-state index contributed by atoms with van der Waals surface area (Å²) >= 11 is 11.3. The van der Waals surface area contributed by atoms with Crippen molar-refractivity contribution in [1.29, 1.82) is 0 Å². The van der Waals surface area contributed by atoms with Crippen molar-refractivity contribution in [2.75, 3.05) is 5.32 Å². The van der Waals surface area contributed by atoms with Crippen molar-refractivity contribution >= 4 is 61.7 Å². The number of halogens is 2. The van der Waals surface area contributed by atoms with Crippen LogP contribution in [0.2, 0.25) is 5.02 Å². The van der Waals surface area contributed by atoms with Crippen LogP contribution < -0.4 is 10.1 Å². The monoisotopic (exact) mass is 606 g/mol. The summed E-state index contributed by atoms with van der Waals surface area (Å²) < 4.78 is 6.82. The van der Waals surface area contributed by atoms with E-state index in [1.165, 1.54) is 23.3 Å². The average Bonchev–Trinajstić information content (AvgIpc) is 3.24. The number of aliphatic imine (C=N–C) groups is 1. The Bertz CT molecular complexity index is 1430. The van der Waals surface area contributed by atoms with Crippen molar-refractivity contribution in [2.24, 2.45) is 4.99 Å². The van der Waals surface area contributed by atoms with Gasteiger partial charge in [-0.1, -0.05) is 54.8 Å². The molecule has 38 heavy (non-hydrogen) atoms. The van der Waals surface area contributed by atoms with E-state index in [2.05, 4.69) is 21.2 Å². The molecule has 0 aliphatic heterocycles. The normalized spacial score (nSPS) is 13.5. The van der Waals surface area contributed by atoms with Crippen LogP contribution in [0.15, 0.2) is 82.3 Å². The number of nitrogens with zero attached hydrogens (tertiary/aromatic N) is 1. The van der Waals surface area contributed by atoms with Gasteiger partial charge < -0.3 is 10.1 Å². The van der Waals surface area contributed by atoms with Gasteiger partial charge in [-0.05, 0) is 101 Å². The summed E-state index contributed by atoms with van der Waals surface area (Å²) in [4.78, 5) is 19.6. The average molecular weight is 608 g/mol. The fraction of sp³-hybridized carbons (Fsp3) is 0.226. The van der Waals surface area contributed by atoms with Crippen LogP contribution >= 0.6 is 38.9 Å². The lowest BCUT2D eigenvalue weighted by atomic mass is 9.96. The predicted molar refractivity (Wildman–Crippen MR) is 162 cm³/mol. The Kier molecular flexibility index (Phi) is 8.94. The third-order valence-electron chi connectivity index (χ3n) is 6.51. The Hall–Kier alpha value is -2.93. The maximum absolute atomic E-state index is 13.5. The van der Waals surface area contributed by atoms with Gasteiger partial charge in [0.05, 0.1) is 10.0 Å². The number of carbonyl (C=O) groups is 1. The number of fused-ring (bicyclic) bond motifs is 1. The van der Waals surface area contributed by atoms with Gasteiger partial charge in [0.25, 0.3) is 5.91 Å². The number of aryl methyl sites for hydroxylation is 1. The predicted octanol–water partition coefficient (Wildman–Crippen LogP) is 9.40. The molecule has 0 saturated carbocycles. The van der Waals surface area contributed by atoms with E-state index in [1.807, 2.05) is 79.0 Å². The van der Waals surface area contributed by atoms with Crippen LogP contribution in [-0.2, 0) is 19.4 Å². The van der Waals surface area contributed by atoms with E-state index in [9.17, 15) is 4.79 Å². The molecule has 0 saturated heterocycles. The van der Waals surface area contributed by atoms with Gasteiger partial charge >= 0.3 is 0 Å². The molecular weight excluding hydrogens is 580 g/mol. The standard InChI is InChI=1S/C31H28BrClN2O2S/c32-26-18-22(14-17-27(26)37-20-21-12-15-23(33)16-13-21)19-34-31-29(30(36)35-24-8-4-3-5-9-24)25-10-6-1-2-7-11-28(25)38-31/h3-5,8-9,12-19H,1-2,6-7,10-11,20H2,(H,35,36). The number of para-hydroxylation sites is 1. The number of amides is 1. The first-order chi connectivity index (χ1) is 18.6. The second-order valence-corrected chi connectivity index (χ2v) is 11.7. The summed E-state index contributed by atoms with van der Waals surface area (Å²) in [5, 5.41) is 4.55. The van der Waals surface area contributed by atoms with E-state index in [0.29, 0.717) is 17.2 Å². The lowest BCUT2D eigenvalue weighted by Gasteiger charge is -2.12. The molecule has 1 N–H and O–H groups in total. The Morgan fingerprint density at radius 3 is 2.53 bits per heavy atom. The molecule has 1 aliphatic carbocycles. The second-order valence-electron chi connectivity index (χ2n) is 9.28. The van der Waals surface area contributed by atoms with Crippen molar-refractivity contribution in [1.82, 2.24) is 0 Å². The van der Waals surface area contributed by atoms with Crippen molar-refractivity contribution < 1.29 is 9.53 Å². The highest BCUT2D eigenvalue weighted by atomic mass is 79.9. The van der Waals surface area contributed by atoms with E-state index in [4.69, 9.17) is 21.3 Å². The van der Waals surface area contributed by atoms with Gasteiger partial charge in [-0.3, -0.25) is 4.79 Å². The van der Waals surface area contributed by atoms with Crippen molar-refractivity contribution in [2.45, 2.75) is 45.1 Å². The van der Waals surface area contributed by atoms with E-state index in [-0.39, 0.29) is 5.91 Å². The number of anilines is 1. The first kappa shape index (κ1) is 26.7. The van der Waals surface area contributed by atoms with Gasteiger partial charge in [0.2, 0.25) is 0 Å². The number of thiophene rings is 1. The molecule has 1 heterocycles. The number of ether oxygens (including phenoxy) is 1. The van der Waals surface area contributed by atoms with E-state index < -0.39 is 0 Å². The minimum absolute atomic E-state index is 0.0893. The molecule has 1 amide bonds. The number of carbonyl (C=O) groups excluding carboxylic acids is 1. The van der Waals surface area contributed by atoms with Crippen molar-refractivity contribution in [3.63, 3.8) is 0 Å². The van der Waals surface area contributed by atoms with Crippen molar-refractivity contribution in [3.05, 3.63) is 109 Å². The summed E-state index contributed by atoms with van der Waals surface area (Å²) in [7, 11) is 0. The van der Waals surface area contributed by atoms with Crippen LogP contribution in [0.5, 0.6) is 5.75 Å². The molecule has 4 aromatic rings. The number of hydrogen-bond acceptors (Lipinski definition) is 4. The van der Waals surface area contributed by atoms with Crippen LogP contribution in [0.25, 0.3) is 0 Å². The van der Waals surface area contributed by atoms with Crippen LogP contribution in [0.3, 0.4) is 0 Å². The third kappa shape index (κ3) is 6.73. The minimum atomic E-state index is -0.0893. The summed E-state index contributed by atoms with van der Waals surface area (Å²) in [6, 6.07) is 23.1.